The Morgan fingerprint density at radius 1 is 1.23 bits per heavy atom. The molecule has 0 aromatic carbocycles. The maximum atomic E-state index is 13.0. The highest BCUT2D eigenvalue weighted by Gasteiger charge is 2.32. The smallest absolute Gasteiger partial charge is 0.330 e. The Kier molecular flexibility index (Phi) is 4.49. The SMILES string of the molecule is O=C(CCCn1c(=O)[nH]cc(F)c1=O)ON1C(=O)CCC1=O. The summed E-state index contributed by atoms with van der Waals surface area (Å²) in [6.45, 7) is -0.205. The lowest BCUT2D eigenvalue weighted by atomic mass is 10.3. The van der Waals surface area contributed by atoms with E-state index in [0.29, 0.717) is 15.8 Å². The van der Waals surface area contributed by atoms with Crippen molar-refractivity contribution in [1.82, 2.24) is 14.6 Å². The van der Waals surface area contributed by atoms with Gasteiger partial charge in [0.1, 0.15) is 0 Å². The van der Waals surface area contributed by atoms with Gasteiger partial charge in [-0.05, 0) is 6.42 Å². The Bertz CT molecular complexity index is 721. The van der Waals surface area contributed by atoms with Crippen molar-refractivity contribution >= 4 is 17.8 Å². The molecule has 1 saturated heterocycles. The number of H-pyrrole nitrogens is 1. The summed E-state index contributed by atoms with van der Waals surface area (Å²) in [5.74, 6) is -3.17. The van der Waals surface area contributed by atoms with Crippen LogP contribution in [0, 0.1) is 5.82 Å². The second-order valence-corrected chi connectivity index (χ2v) is 4.55. The van der Waals surface area contributed by atoms with Gasteiger partial charge >= 0.3 is 11.7 Å². The Labute approximate surface area is 122 Å². The predicted octanol–water partition coefficient (Wildman–Crippen LogP) is -0.937. The summed E-state index contributed by atoms with van der Waals surface area (Å²) in [5.41, 5.74) is -1.90. The van der Waals surface area contributed by atoms with E-state index in [1.807, 2.05) is 4.98 Å². The fourth-order valence-electron chi connectivity index (χ4n) is 1.88. The average molecular weight is 313 g/mol. The standard InChI is InChI=1S/C12H12FN3O6/c13-7-6-14-12(21)15(11(7)20)5-1-2-10(19)22-16-8(17)3-4-9(16)18/h6H,1-5H2,(H,14,21). The molecule has 0 spiro atoms. The van der Waals surface area contributed by atoms with Crippen molar-refractivity contribution in [2.45, 2.75) is 32.2 Å². The number of hydrogen-bond donors (Lipinski definition) is 1. The molecule has 2 rings (SSSR count). The molecular formula is C12H12FN3O6. The molecule has 1 fully saturated rings. The highest BCUT2D eigenvalue weighted by Crippen LogP contribution is 2.12. The molecule has 1 aliphatic heterocycles. The third kappa shape index (κ3) is 3.27. The largest absolute Gasteiger partial charge is 0.333 e. The first-order chi connectivity index (χ1) is 10.4. The summed E-state index contributed by atoms with van der Waals surface area (Å²) in [6.07, 6.45) is 0.376. The van der Waals surface area contributed by atoms with E-state index < -0.39 is 34.8 Å². The molecule has 2 amide bonds. The van der Waals surface area contributed by atoms with Crippen molar-refractivity contribution in [3.05, 3.63) is 32.9 Å². The van der Waals surface area contributed by atoms with Crippen LogP contribution in [0.25, 0.3) is 0 Å². The summed E-state index contributed by atoms with van der Waals surface area (Å²) < 4.78 is 13.6. The number of nitrogens with one attached hydrogen (secondary N) is 1. The van der Waals surface area contributed by atoms with Gasteiger partial charge in [0, 0.05) is 32.0 Å². The monoisotopic (exact) mass is 313 g/mol. The molecule has 2 heterocycles. The Morgan fingerprint density at radius 2 is 1.86 bits per heavy atom. The summed E-state index contributed by atoms with van der Waals surface area (Å²) >= 11 is 0. The van der Waals surface area contributed by atoms with Gasteiger partial charge in [0.2, 0.25) is 5.82 Å². The van der Waals surface area contributed by atoms with Crippen LogP contribution in [0.4, 0.5) is 4.39 Å². The molecule has 0 atom stereocenters. The summed E-state index contributed by atoms with van der Waals surface area (Å²) in [5, 5.41) is 0.406. The van der Waals surface area contributed by atoms with Crippen molar-refractivity contribution in [3.63, 3.8) is 0 Å². The zero-order valence-electron chi connectivity index (χ0n) is 11.3. The van der Waals surface area contributed by atoms with E-state index >= 15 is 0 Å². The van der Waals surface area contributed by atoms with Crippen LogP contribution in [-0.2, 0) is 25.8 Å². The van der Waals surface area contributed by atoms with Crippen LogP contribution in [-0.4, -0.2) is 32.4 Å². The summed E-state index contributed by atoms with van der Waals surface area (Å²) in [4.78, 5) is 63.4. The molecule has 0 saturated carbocycles. The first-order valence-electron chi connectivity index (χ1n) is 6.44. The fraction of sp³-hybridized carbons (Fsp3) is 0.417. The molecule has 1 N–H and O–H groups in total. The lowest BCUT2D eigenvalue weighted by Crippen LogP contribution is -2.37. The fourth-order valence-corrected chi connectivity index (χ4v) is 1.88. The van der Waals surface area contributed by atoms with Crippen molar-refractivity contribution in [3.8, 4) is 0 Å². The molecule has 0 unspecified atom stereocenters. The Morgan fingerprint density at radius 3 is 2.50 bits per heavy atom. The van der Waals surface area contributed by atoms with Gasteiger partial charge < -0.3 is 9.82 Å². The number of aromatic amines is 1. The minimum absolute atomic E-state index is 0.00148. The number of amides is 2. The number of carbonyl (C=O) groups excluding carboxylic acids is 3. The average Bonchev–Trinajstić information content (AvgIpc) is 2.78. The van der Waals surface area contributed by atoms with Crippen LogP contribution < -0.4 is 11.2 Å². The van der Waals surface area contributed by atoms with Crippen LogP contribution in [0.5, 0.6) is 0 Å². The maximum Gasteiger partial charge on any atom is 0.333 e. The molecular weight excluding hydrogens is 301 g/mol. The van der Waals surface area contributed by atoms with E-state index in [1.54, 1.807) is 0 Å². The summed E-state index contributed by atoms with van der Waals surface area (Å²) in [7, 11) is 0. The maximum absolute atomic E-state index is 13.0. The van der Waals surface area contributed by atoms with Gasteiger partial charge in [0.05, 0.1) is 0 Å². The van der Waals surface area contributed by atoms with Crippen LogP contribution in [0.3, 0.4) is 0 Å². The Balaban J connectivity index is 1.89. The minimum atomic E-state index is -1.12. The molecule has 1 aromatic heterocycles. The second-order valence-electron chi connectivity index (χ2n) is 4.55. The van der Waals surface area contributed by atoms with Gasteiger partial charge in [-0.15, -0.1) is 5.06 Å². The minimum Gasteiger partial charge on any atom is -0.330 e. The van der Waals surface area contributed by atoms with Gasteiger partial charge in [-0.1, -0.05) is 0 Å². The van der Waals surface area contributed by atoms with E-state index in [4.69, 9.17) is 0 Å². The number of hydroxylamine groups is 2. The topological polar surface area (TPSA) is 119 Å². The Hall–Kier alpha value is -2.78. The van der Waals surface area contributed by atoms with Gasteiger partial charge in [-0.2, -0.15) is 4.39 Å². The zero-order valence-corrected chi connectivity index (χ0v) is 11.3. The van der Waals surface area contributed by atoms with Crippen LogP contribution >= 0.6 is 0 Å². The summed E-state index contributed by atoms with van der Waals surface area (Å²) in [6, 6.07) is 0. The van der Waals surface area contributed by atoms with Crippen LogP contribution in [0.1, 0.15) is 25.7 Å². The number of nitrogens with zero attached hydrogens (tertiary/aromatic N) is 2. The van der Waals surface area contributed by atoms with Gasteiger partial charge in [0.25, 0.3) is 17.4 Å². The number of aromatic nitrogens is 2. The lowest BCUT2D eigenvalue weighted by molar-refractivity contribution is -0.197. The molecule has 1 aliphatic rings. The van der Waals surface area contributed by atoms with E-state index in [-0.39, 0.29) is 32.2 Å². The van der Waals surface area contributed by atoms with Crippen molar-refractivity contribution in [1.29, 1.82) is 0 Å². The first kappa shape index (κ1) is 15.6. The molecule has 0 radical (unpaired) electrons. The predicted molar refractivity (Wildman–Crippen MR) is 67.7 cm³/mol. The normalized spacial score (nSPS) is 14.5. The van der Waals surface area contributed by atoms with Crippen molar-refractivity contribution in [2.75, 3.05) is 0 Å². The highest BCUT2D eigenvalue weighted by molar-refractivity contribution is 6.01. The van der Waals surface area contributed by atoms with E-state index in [0.717, 1.165) is 0 Å². The van der Waals surface area contributed by atoms with Crippen LogP contribution in [0.15, 0.2) is 15.8 Å². The van der Waals surface area contributed by atoms with Gasteiger partial charge in [0.15, 0.2) is 0 Å². The molecule has 0 aliphatic carbocycles. The van der Waals surface area contributed by atoms with E-state index in [2.05, 4.69) is 4.84 Å². The lowest BCUT2D eigenvalue weighted by Gasteiger charge is -2.12. The number of hydrogen-bond acceptors (Lipinski definition) is 6. The first-order valence-corrected chi connectivity index (χ1v) is 6.44. The van der Waals surface area contributed by atoms with Crippen molar-refractivity contribution < 1.29 is 23.6 Å². The van der Waals surface area contributed by atoms with Gasteiger partial charge in [-0.25, -0.2) is 9.59 Å². The van der Waals surface area contributed by atoms with E-state index in [1.165, 1.54) is 0 Å². The molecule has 0 bridgehead atoms. The highest BCUT2D eigenvalue weighted by atomic mass is 19.1. The molecule has 22 heavy (non-hydrogen) atoms. The zero-order chi connectivity index (χ0) is 16.3. The number of halogens is 1. The number of rotatable bonds is 5. The third-order valence-corrected chi connectivity index (χ3v) is 2.98. The molecule has 9 nitrogen and oxygen atoms in total. The molecule has 118 valence electrons. The van der Waals surface area contributed by atoms with Crippen LogP contribution in [0.2, 0.25) is 0 Å². The number of imide groups is 1. The third-order valence-electron chi connectivity index (χ3n) is 2.98. The van der Waals surface area contributed by atoms with Crippen molar-refractivity contribution in [2.24, 2.45) is 0 Å². The molecule has 1 aromatic rings. The number of carbonyl (C=O) groups is 3. The van der Waals surface area contributed by atoms with E-state index in [9.17, 15) is 28.4 Å². The molecule has 10 heteroatoms. The quantitative estimate of drug-likeness (QED) is 0.701. The van der Waals surface area contributed by atoms with Gasteiger partial charge in [-0.3, -0.25) is 19.0 Å². The second kappa shape index (κ2) is 6.33.